The summed E-state index contributed by atoms with van der Waals surface area (Å²) in [7, 11) is 1.48. The first-order valence-electron chi connectivity index (χ1n) is 7.15. The number of amides is 2. The van der Waals surface area contributed by atoms with Crippen LogP contribution in [0.5, 0.6) is 11.5 Å². The highest BCUT2D eigenvalue weighted by Crippen LogP contribution is 2.36. The lowest BCUT2D eigenvalue weighted by atomic mass is 10.1. The summed E-state index contributed by atoms with van der Waals surface area (Å²) in [4.78, 5) is 24.0. The van der Waals surface area contributed by atoms with Gasteiger partial charge in [-0.05, 0) is 31.9 Å². The molecule has 0 radical (unpaired) electrons. The Hall–Kier alpha value is -1.95. The molecule has 2 rings (SSSR count). The lowest BCUT2D eigenvalue weighted by Gasteiger charge is -2.23. The normalized spacial score (nSPS) is 17.6. The van der Waals surface area contributed by atoms with Crippen LogP contribution in [0.4, 0.5) is 0 Å². The van der Waals surface area contributed by atoms with E-state index in [0.717, 1.165) is 6.42 Å². The topological polar surface area (TPSA) is 76.7 Å². The first-order valence-corrected chi connectivity index (χ1v) is 7.53. The quantitative estimate of drug-likeness (QED) is 0.864. The highest BCUT2D eigenvalue weighted by atomic mass is 35.5. The maximum atomic E-state index is 12.3. The van der Waals surface area contributed by atoms with Gasteiger partial charge < -0.3 is 20.1 Å². The van der Waals surface area contributed by atoms with Gasteiger partial charge in [0.25, 0.3) is 5.91 Å². The number of hydrogen-bond donors (Lipinski definition) is 2. The van der Waals surface area contributed by atoms with Crippen LogP contribution in [0.15, 0.2) is 12.1 Å². The molecule has 2 amide bonds. The van der Waals surface area contributed by atoms with Gasteiger partial charge in [0.05, 0.1) is 18.7 Å². The average molecular weight is 327 g/mol. The molecule has 120 valence electrons. The molecule has 1 aromatic rings. The Morgan fingerprint density at radius 3 is 2.91 bits per heavy atom. The van der Waals surface area contributed by atoms with E-state index in [1.807, 2.05) is 6.92 Å². The SMILES string of the molecule is CCOc1c(Cl)cc(C(=O)N[C@@H]2CCCNC2=O)cc1OC. The van der Waals surface area contributed by atoms with Gasteiger partial charge in [0, 0.05) is 12.1 Å². The molecule has 0 spiro atoms. The van der Waals surface area contributed by atoms with E-state index in [-0.39, 0.29) is 11.8 Å². The Bertz CT molecular complexity index is 577. The Kier molecular flexibility index (Phi) is 5.49. The zero-order valence-electron chi connectivity index (χ0n) is 12.6. The molecule has 1 aliphatic rings. The van der Waals surface area contributed by atoms with Crippen LogP contribution in [0, 0.1) is 0 Å². The van der Waals surface area contributed by atoms with Crippen LogP contribution in [-0.4, -0.2) is 38.1 Å². The second-order valence-electron chi connectivity index (χ2n) is 4.88. The van der Waals surface area contributed by atoms with E-state index in [1.165, 1.54) is 13.2 Å². The molecule has 0 bridgehead atoms. The summed E-state index contributed by atoms with van der Waals surface area (Å²) in [5.74, 6) is 0.250. The predicted molar refractivity (Wildman–Crippen MR) is 82.7 cm³/mol. The molecular formula is C15H19ClN2O4. The number of nitrogens with one attached hydrogen (secondary N) is 2. The monoisotopic (exact) mass is 326 g/mol. The summed E-state index contributed by atoms with van der Waals surface area (Å²) in [6, 6.07) is 2.54. The molecule has 0 aromatic heterocycles. The van der Waals surface area contributed by atoms with Gasteiger partial charge in [-0.15, -0.1) is 0 Å². The van der Waals surface area contributed by atoms with E-state index < -0.39 is 6.04 Å². The molecular weight excluding hydrogens is 308 g/mol. The van der Waals surface area contributed by atoms with Gasteiger partial charge in [-0.1, -0.05) is 11.6 Å². The molecule has 6 nitrogen and oxygen atoms in total. The van der Waals surface area contributed by atoms with Crippen LogP contribution in [-0.2, 0) is 4.79 Å². The second-order valence-corrected chi connectivity index (χ2v) is 5.29. The van der Waals surface area contributed by atoms with Crippen molar-refractivity contribution in [2.45, 2.75) is 25.8 Å². The molecule has 0 unspecified atom stereocenters. The van der Waals surface area contributed by atoms with Crippen molar-refractivity contribution in [3.8, 4) is 11.5 Å². The van der Waals surface area contributed by atoms with Crippen molar-refractivity contribution >= 4 is 23.4 Å². The highest BCUT2D eigenvalue weighted by molar-refractivity contribution is 6.32. The van der Waals surface area contributed by atoms with Crippen molar-refractivity contribution < 1.29 is 19.1 Å². The van der Waals surface area contributed by atoms with Crippen molar-refractivity contribution in [2.24, 2.45) is 0 Å². The van der Waals surface area contributed by atoms with Crippen LogP contribution in [0.25, 0.3) is 0 Å². The Morgan fingerprint density at radius 2 is 2.27 bits per heavy atom. The smallest absolute Gasteiger partial charge is 0.252 e. The van der Waals surface area contributed by atoms with Crippen LogP contribution >= 0.6 is 11.6 Å². The average Bonchev–Trinajstić information content (AvgIpc) is 2.51. The minimum absolute atomic E-state index is 0.163. The third-order valence-electron chi connectivity index (χ3n) is 3.37. The molecule has 1 fully saturated rings. The molecule has 2 N–H and O–H groups in total. The largest absolute Gasteiger partial charge is 0.493 e. The van der Waals surface area contributed by atoms with E-state index in [4.69, 9.17) is 21.1 Å². The van der Waals surface area contributed by atoms with Crippen molar-refractivity contribution in [2.75, 3.05) is 20.3 Å². The molecule has 1 heterocycles. The third-order valence-corrected chi connectivity index (χ3v) is 3.65. The number of carbonyl (C=O) groups is 2. The fraction of sp³-hybridized carbons (Fsp3) is 0.467. The molecule has 7 heteroatoms. The first-order chi connectivity index (χ1) is 10.6. The minimum atomic E-state index is -0.516. The summed E-state index contributed by atoms with van der Waals surface area (Å²) in [5.41, 5.74) is 0.323. The van der Waals surface area contributed by atoms with E-state index in [1.54, 1.807) is 6.07 Å². The van der Waals surface area contributed by atoms with Crippen LogP contribution in [0.1, 0.15) is 30.1 Å². The number of methoxy groups -OCH3 is 1. The van der Waals surface area contributed by atoms with E-state index in [9.17, 15) is 9.59 Å². The number of halogens is 1. The number of benzene rings is 1. The van der Waals surface area contributed by atoms with Gasteiger partial charge in [-0.3, -0.25) is 9.59 Å². The molecule has 0 saturated carbocycles. The maximum absolute atomic E-state index is 12.3. The highest BCUT2D eigenvalue weighted by Gasteiger charge is 2.25. The minimum Gasteiger partial charge on any atom is -0.493 e. The summed E-state index contributed by atoms with van der Waals surface area (Å²) in [6.45, 7) is 2.91. The standard InChI is InChI=1S/C15H19ClN2O4/c1-3-22-13-10(16)7-9(8-12(13)21-2)14(19)18-11-5-4-6-17-15(11)20/h7-8,11H,3-6H2,1-2H3,(H,17,20)(H,18,19)/t11-/m1/s1. The molecule has 22 heavy (non-hydrogen) atoms. The number of hydrogen-bond acceptors (Lipinski definition) is 4. The lowest BCUT2D eigenvalue weighted by Crippen LogP contribution is -2.50. The zero-order chi connectivity index (χ0) is 16.1. The van der Waals surface area contributed by atoms with E-state index in [0.29, 0.717) is 41.7 Å². The Morgan fingerprint density at radius 1 is 1.50 bits per heavy atom. The Labute approximate surface area is 134 Å². The second kappa shape index (κ2) is 7.35. The number of carbonyl (C=O) groups excluding carboxylic acids is 2. The van der Waals surface area contributed by atoms with E-state index in [2.05, 4.69) is 10.6 Å². The van der Waals surface area contributed by atoms with Crippen LogP contribution in [0.2, 0.25) is 5.02 Å². The third kappa shape index (κ3) is 3.62. The van der Waals surface area contributed by atoms with Crippen LogP contribution in [0.3, 0.4) is 0 Å². The fourth-order valence-corrected chi connectivity index (χ4v) is 2.55. The molecule has 1 atom stereocenters. The molecule has 1 saturated heterocycles. The first kappa shape index (κ1) is 16.4. The number of piperidine rings is 1. The summed E-state index contributed by atoms with van der Waals surface area (Å²) < 4.78 is 10.6. The van der Waals surface area contributed by atoms with Gasteiger partial charge in [-0.25, -0.2) is 0 Å². The predicted octanol–water partition coefficient (Wildman–Crippen LogP) is 1.76. The van der Waals surface area contributed by atoms with Gasteiger partial charge in [0.15, 0.2) is 11.5 Å². The number of ether oxygens (including phenoxy) is 2. The van der Waals surface area contributed by atoms with Gasteiger partial charge in [0.1, 0.15) is 6.04 Å². The zero-order valence-corrected chi connectivity index (χ0v) is 13.3. The summed E-state index contributed by atoms with van der Waals surface area (Å²) in [5, 5.41) is 5.72. The molecule has 1 aromatic carbocycles. The van der Waals surface area contributed by atoms with Crippen LogP contribution < -0.4 is 20.1 Å². The maximum Gasteiger partial charge on any atom is 0.252 e. The van der Waals surface area contributed by atoms with Crippen molar-refractivity contribution in [1.82, 2.24) is 10.6 Å². The van der Waals surface area contributed by atoms with Gasteiger partial charge in [-0.2, -0.15) is 0 Å². The summed E-state index contributed by atoms with van der Waals surface area (Å²) in [6.07, 6.45) is 1.46. The molecule has 0 aliphatic carbocycles. The summed E-state index contributed by atoms with van der Waals surface area (Å²) >= 11 is 6.14. The van der Waals surface area contributed by atoms with Gasteiger partial charge >= 0.3 is 0 Å². The van der Waals surface area contributed by atoms with E-state index >= 15 is 0 Å². The molecule has 1 aliphatic heterocycles. The van der Waals surface area contributed by atoms with Crippen molar-refractivity contribution in [3.63, 3.8) is 0 Å². The number of rotatable bonds is 5. The van der Waals surface area contributed by atoms with Crippen molar-refractivity contribution in [3.05, 3.63) is 22.7 Å². The van der Waals surface area contributed by atoms with Crippen molar-refractivity contribution in [1.29, 1.82) is 0 Å². The van der Waals surface area contributed by atoms with Gasteiger partial charge in [0.2, 0.25) is 5.91 Å². The fourth-order valence-electron chi connectivity index (χ4n) is 2.29. The lowest BCUT2D eigenvalue weighted by molar-refractivity contribution is -0.124. The Balaban J connectivity index is 2.19.